The highest BCUT2D eigenvalue weighted by molar-refractivity contribution is 7.91. The van der Waals surface area contributed by atoms with E-state index in [-0.39, 0.29) is 10.6 Å². The van der Waals surface area contributed by atoms with Crippen LogP contribution in [0.25, 0.3) is 0 Å². The molecule has 0 saturated heterocycles. The Hall–Kier alpha value is -1.72. The average Bonchev–Trinajstić information content (AvgIpc) is 2.37. The van der Waals surface area contributed by atoms with Crippen molar-refractivity contribution < 1.29 is 12.8 Å². The highest BCUT2D eigenvalue weighted by Crippen LogP contribution is 2.20. The van der Waals surface area contributed by atoms with Crippen LogP contribution in [0.3, 0.4) is 0 Å². The molecule has 0 aromatic heterocycles. The van der Waals surface area contributed by atoms with E-state index in [2.05, 4.69) is 0 Å². The molecule has 5 heteroatoms. The van der Waals surface area contributed by atoms with Crippen LogP contribution in [0.4, 0.5) is 4.39 Å². The molecule has 0 fully saturated rings. The SMILES string of the molecule is Cc1cc(C)cc(C(N)CS(=O)(=O)c2cccc(F)c2)c1. The summed E-state index contributed by atoms with van der Waals surface area (Å²) in [6.07, 6.45) is 0. The molecule has 2 aromatic rings. The first-order chi connectivity index (χ1) is 9.78. The van der Waals surface area contributed by atoms with E-state index in [1.165, 1.54) is 18.2 Å². The lowest BCUT2D eigenvalue weighted by molar-refractivity contribution is 0.584. The Labute approximate surface area is 124 Å². The van der Waals surface area contributed by atoms with Crippen LogP contribution in [0.1, 0.15) is 22.7 Å². The van der Waals surface area contributed by atoms with Crippen molar-refractivity contribution in [2.24, 2.45) is 5.73 Å². The average molecular weight is 307 g/mol. The van der Waals surface area contributed by atoms with Gasteiger partial charge in [0.25, 0.3) is 0 Å². The minimum Gasteiger partial charge on any atom is -0.323 e. The van der Waals surface area contributed by atoms with E-state index < -0.39 is 21.7 Å². The minimum atomic E-state index is -3.62. The van der Waals surface area contributed by atoms with E-state index in [0.29, 0.717) is 0 Å². The molecule has 112 valence electrons. The molecule has 0 saturated carbocycles. The van der Waals surface area contributed by atoms with Crippen molar-refractivity contribution in [2.45, 2.75) is 24.8 Å². The van der Waals surface area contributed by atoms with Gasteiger partial charge in [-0.2, -0.15) is 0 Å². The number of aryl methyl sites for hydroxylation is 2. The maximum atomic E-state index is 13.2. The van der Waals surface area contributed by atoms with E-state index in [1.54, 1.807) is 0 Å². The smallest absolute Gasteiger partial charge is 0.180 e. The Balaban J connectivity index is 2.27. The van der Waals surface area contributed by atoms with Gasteiger partial charge < -0.3 is 5.73 Å². The summed E-state index contributed by atoms with van der Waals surface area (Å²) >= 11 is 0. The standard InChI is InChI=1S/C16H18FNO2S/c1-11-6-12(2)8-13(7-11)16(18)10-21(19,20)15-5-3-4-14(17)9-15/h3-9,16H,10,18H2,1-2H3. The van der Waals surface area contributed by atoms with Crippen molar-refractivity contribution in [3.63, 3.8) is 0 Å². The topological polar surface area (TPSA) is 60.2 Å². The Bertz CT molecular complexity index is 736. The molecule has 21 heavy (non-hydrogen) atoms. The summed E-state index contributed by atoms with van der Waals surface area (Å²) in [4.78, 5) is -0.0395. The van der Waals surface area contributed by atoms with Gasteiger partial charge in [-0.05, 0) is 37.6 Å². The quantitative estimate of drug-likeness (QED) is 0.944. The van der Waals surface area contributed by atoms with Crippen molar-refractivity contribution in [1.29, 1.82) is 0 Å². The second kappa shape index (κ2) is 5.95. The van der Waals surface area contributed by atoms with Crippen LogP contribution < -0.4 is 5.73 Å². The highest BCUT2D eigenvalue weighted by Gasteiger charge is 2.20. The summed E-state index contributed by atoms with van der Waals surface area (Å²) in [5.74, 6) is -0.824. The van der Waals surface area contributed by atoms with Crippen LogP contribution >= 0.6 is 0 Å². The zero-order chi connectivity index (χ0) is 15.6. The Morgan fingerprint density at radius 2 is 1.71 bits per heavy atom. The summed E-state index contributed by atoms with van der Waals surface area (Å²) in [6, 6.07) is 10.1. The van der Waals surface area contributed by atoms with Crippen LogP contribution in [0.15, 0.2) is 47.4 Å². The molecule has 1 atom stereocenters. The van der Waals surface area contributed by atoms with Gasteiger partial charge in [0.05, 0.1) is 10.6 Å². The van der Waals surface area contributed by atoms with Gasteiger partial charge in [-0.1, -0.05) is 35.4 Å². The molecular weight excluding hydrogens is 289 g/mol. The van der Waals surface area contributed by atoms with Gasteiger partial charge in [0.2, 0.25) is 0 Å². The molecule has 0 aliphatic rings. The number of rotatable bonds is 4. The van der Waals surface area contributed by atoms with Crippen molar-refractivity contribution in [1.82, 2.24) is 0 Å². The van der Waals surface area contributed by atoms with Crippen molar-refractivity contribution in [3.8, 4) is 0 Å². The Morgan fingerprint density at radius 1 is 1.10 bits per heavy atom. The summed E-state index contributed by atoms with van der Waals surface area (Å²) in [6.45, 7) is 3.87. The second-order valence-electron chi connectivity index (χ2n) is 5.27. The lowest BCUT2D eigenvalue weighted by Gasteiger charge is -2.14. The third-order valence-electron chi connectivity index (χ3n) is 3.23. The monoisotopic (exact) mass is 307 g/mol. The van der Waals surface area contributed by atoms with Crippen LogP contribution in [0.5, 0.6) is 0 Å². The third-order valence-corrected chi connectivity index (χ3v) is 5.00. The largest absolute Gasteiger partial charge is 0.323 e. The van der Waals surface area contributed by atoms with E-state index in [0.717, 1.165) is 22.8 Å². The fourth-order valence-electron chi connectivity index (χ4n) is 2.31. The molecule has 0 spiro atoms. The van der Waals surface area contributed by atoms with E-state index in [4.69, 9.17) is 5.73 Å². The predicted octanol–water partition coefficient (Wildman–Crippen LogP) is 2.92. The molecule has 0 radical (unpaired) electrons. The number of nitrogens with two attached hydrogens (primary N) is 1. The number of benzene rings is 2. The van der Waals surface area contributed by atoms with Gasteiger partial charge in [-0.15, -0.1) is 0 Å². The summed E-state index contributed by atoms with van der Waals surface area (Å²) in [5, 5.41) is 0. The lowest BCUT2D eigenvalue weighted by Crippen LogP contribution is -2.22. The molecule has 3 nitrogen and oxygen atoms in total. The van der Waals surface area contributed by atoms with Gasteiger partial charge in [0.15, 0.2) is 9.84 Å². The number of hydrogen-bond acceptors (Lipinski definition) is 3. The van der Waals surface area contributed by atoms with Crippen LogP contribution in [-0.2, 0) is 9.84 Å². The van der Waals surface area contributed by atoms with Crippen molar-refractivity contribution >= 4 is 9.84 Å². The summed E-state index contributed by atoms with van der Waals surface area (Å²) in [5.41, 5.74) is 8.85. The number of hydrogen-bond donors (Lipinski definition) is 1. The zero-order valence-corrected chi connectivity index (χ0v) is 12.8. The molecule has 0 heterocycles. The molecule has 0 aliphatic carbocycles. The van der Waals surface area contributed by atoms with Gasteiger partial charge in [0, 0.05) is 6.04 Å². The molecular formula is C16H18FNO2S. The fourth-order valence-corrected chi connectivity index (χ4v) is 3.75. The molecule has 2 N–H and O–H groups in total. The van der Waals surface area contributed by atoms with Gasteiger partial charge in [-0.3, -0.25) is 0 Å². The Morgan fingerprint density at radius 3 is 2.29 bits per heavy atom. The molecule has 2 rings (SSSR count). The van der Waals surface area contributed by atoms with Crippen LogP contribution in [0.2, 0.25) is 0 Å². The highest BCUT2D eigenvalue weighted by atomic mass is 32.2. The maximum absolute atomic E-state index is 13.2. The molecule has 0 bridgehead atoms. The Kier molecular flexibility index (Phi) is 4.44. The van der Waals surface area contributed by atoms with Crippen molar-refractivity contribution in [2.75, 3.05) is 5.75 Å². The molecule has 0 aliphatic heterocycles. The minimum absolute atomic E-state index is 0.0395. The van der Waals surface area contributed by atoms with Gasteiger partial charge >= 0.3 is 0 Å². The first-order valence-electron chi connectivity index (χ1n) is 6.60. The zero-order valence-electron chi connectivity index (χ0n) is 12.0. The van der Waals surface area contributed by atoms with Crippen LogP contribution in [-0.4, -0.2) is 14.2 Å². The van der Waals surface area contributed by atoms with Crippen molar-refractivity contribution in [3.05, 3.63) is 65.0 Å². The summed E-state index contributed by atoms with van der Waals surface area (Å²) < 4.78 is 37.8. The normalized spacial score (nSPS) is 13.1. The van der Waals surface area contributed by atoms with Gasteiger partial charge in [-0.25, -0.2) is 12.8 Å². The fraction of sp³-hybridized carbons (Fsp3) is 0.250. The second-order valence-corrected chi connectivity index (χ2v) is 7.30. The first-order valence-corrected chi connectivity index (χ1v) is 8.25. The third kappa shape index (κ3) is 3.89. The molecule has 0 amide bonds. The first kappa shape index (κ1) is 15.7. The number of sulfone groups is 1. The predicted molar refractivity (Wildman–Crippen MR) is 81.3 cm³/mol. The maximum Gasteiger partial charge on any atom is 0.180 e. The van der Waals surface area contributed by atoms with Gasteiger partial charge in [0.1, 0.15) is 5.82 Å². The van der Waals surface area contributed by atoms with Crippen LogP contribution in [0, 0.1) is 19.7 Å². The summed E-state index contributed by atoms with van der Waals surface area (Å²) in [7, 11) is -3.62. The molecule has 1 unspecified atom stereocenters. The lowest BCUT2D eigenvalue weighted by atomic mass is 10.0. The van der Waals surface area contributed by atoms with E-state index in [9.17, 15) is 12.8 Å². The van der Waals surface area contributed by atoms with E-state index >= 15 is 0 Å². The van der Waals surface area contributed by atoms with E-state index in [1.807, 2.05) is 32.0 Å². The molecule has 2 aromatic carbocycles. The number of halogens is 1.